The van der Waals surface area contributed by atoms with Crippen LogP contribution in [0.1, 0.15) is 84.0 Å². The minimum Gasteiger partial charge on any atom is -0.504 e. The normalized spacial score (nSPS) is 10.7. The van der Waals surface area contributed by atoms with E-state index in [-0.39, 0.29) is 28.8 Å². The smallest absolute Gasteiger partial charge is 0.315 e. The van der Waals surface area contributed by atoms with E-state index in [0.717, 1.165) is 19.3 Å². The summed E-state index contributed by atoms with van der Waals surface area (Å²) >= 11 is 0. The molecule has 1 amide bonds. The van der Waals surface area contributed by atoms with Crippen LogP contribution in [0.4, 0.5) is 11.4 Å². The van der Waals surface area contributed by atoms with Crippen molar-refractivity contribution in [1.29, 1.82) is 0 Å². The minimum atomic E-state index is -0.622. The lowest BCUT2D eigenvalue weighted by molar-refractivity contribution is -0.385. The fraction of sp³-hybridized carbons (Fsp3) is 0.500. The number of para-hydroxylation sites is 3. The number of nitrogens with one attached hydrogen (secondary N) is 1. The van der Waals surface area contributed by atoms with Gasteiger partial charge in [-0.2, -0.15) is 0 Å². The molecule has 0 atom stereocenters. The van der Waals surface area contributed by atoms with E-state index in [0.29, 0.717) is 12.1 Å². The SMILES string of the molecule is CCCCCCCCCCCCCC(=O)Nc1ccccc1Oc1c(O)cccc1[N+](=O)[O-]. The number of carbonyl (C=O) groups excluding carboxylic acids is 1. The third-order valence-corrected chi connectivity index (χ3v) is 5.55. The number of nitrogens with zero attached hydrogens (tertiary/aromatic N) is 1. The summed E-state index contributed by atoms with van der Waals surface area (Å²) in [6.07, 6.45) is 13.8. The molecule has 0 aromatic heterocycles. The van der Waals surface area contributed by atoms with Crippen molar-refractivity contribution in [2.24, 2.45) is 0 Å². The summed E-state index contributed by atoms with van der Waals surface area (Å²) in [5, 5.41) is 24.1. The van der Waals surface area contributed by atoms with Crippen LogP contribution in [0.5, 0.6) is 17.2 Å². The zero-order chi connectivity index (χ0) is 23.9. The van der Waals surface area contributed by atoms with E-state index in [1.165, 1.54) is 69.6 Å². The van der Waals surface area contributed by atoms with Crippen LogP contribution < -0.4 is 10.1 Å². The molecule has 0 unspecified atom stereocenters. The largest absolute Gasteiger partial charge is 0.504 e. The monoisotopic (exact) mass is 456 g/mol. The Kier molecular flexibility index (Phi) is 11.8. The third-order valence-electron chi connectivity index (χ3n) is 5.55. The van der Waals surface area contributed by atoms with Crippen molar-refractivity contribution in [3.63, 3.8) is 0 Å². The lowest BCUT2D eigenvalue weighted by Gasteiger charge is -2.13. The first-order valence-corrected chi connectivity index (χ1v) is 12.1. The average Bonchev–Trinajstić information content (AvgIpc) is 2.79. The Morgan fingerprint density at radius 2 is 1.52 bits per heavy atom. The van der Waals surface area contributed by atoms with E-state index in [1.807, 2.05) is 0 Å². The molecular formula is C26H36N2O5. The molecule has 0 aliphatic heterocycles. The van der Waals surface area contributed by atoms with E-state index in [2.05, 4.69) is 12.2 Å². The second-order valence-corrected chi connectivity index (χ2v) is 8.31. The molecule has 180 valence electrons. The van der Waals surface area contributed by atoms with Crippen LogP contribution in [0.3, 0.4) is 0 Å². The maximum Gasteiger partial charge on any atom is 0.315 e. The third kappa shape index (κ3) is 9.51. The van der Waals surface area contributed by atoms with Gasteiger partial charge < -0.3 is 15.2 Å². The average molecular weight is 457 g/mol. The molecule has 0 aliphatic carbocycles. The van der Waals surface area contributed by atoms with Gasteiger partial charge in [-0.15, -0.1) is 0 Å². The number of rotatable bonds is 16. The van der Waals surface area contributed by atoms with Gasteiger partial charge in [0, 0.05) is 12.5 Å². The molecule has 7 nitrogen and oxygen atoms in total. The molecule has 0 heterocycles. The van der Waals surface area contributed by atoms with Crippen LogP contribution >= 0.6 is 0 Å². The summed E-state index contributed by atoms with van der Waals surface area (Å²) in [7, 11) is 0. The summed E-state index contributed by atoms with van der Waals surface area (Å²) in [6, 6.07) is 10.6. The Morgan fingerprint density at radius 1 is 0.909 bits per heavy atom. The molecule has 0 aliphatic rings. The summed E-state index contributed by atoms with van der Waals surface area (Å²) in [6.45, 7) is 2.23. The predicted octanol–water partition coefficient (Wildman–Crippen LogP) is 7.73. The first-order chi connectivity index (χ1) is 16.0. The molecule has 0 fully saturated rings. The molecule has 2 aromatic rings. The molecule has 0 radical (unpaired) electrons. The molecule has 0 bridgehead atoms. The maximum absolute atomic E-state index is 12.4. The van der Waals surface area contributed by atoms with Gasteiger partial charge in [0.1, 0.15) is 0 Å². The van der Waals surface area contributed by atoms with Crippen LogP contribution in [0.25, 0.3) is 0 Å². The molecule has 0 spiro atoms. The highest BCUT2D eigenvalue weighted by Crippen LogP contribution is 2.41. The van der Waals surface area contributed by atoms with Gasteiger partial charge in [0.2, 0.25) is 11.7 Å². The van der Waals surface area contributed by atoms with Gasteiger partial charge in [0.15, 0.2) is 11.5 Å². The summed E-state index contributed by atoms with van der Waals surface area (Å²) < 4.78 is 5.64. The molecule has 0 saturated heterocycles. The minimum absolute atomic E-state index is 0.131. The van der Waals surface area contributed by atoms with Crippen molar-refractivity contribution >= 4 is 17.3 Å². The van der Waals surface area contributed by atoms with E-state index < -0.39 is 4.92 Å². The molecule has 7 heteroatoms. The standard InChI is InChI=1S/C26H36N2O5/c1-2-3-4-5-6-7-8-9-10-11-12-20-25(30)27-21-16-13-14-19-24(21)33-26-22(28(31)32)17-15-18-23(26)29/h13-19,29H,2-12,20H2,1H3,(H,27,30). The molecule has 2 aromatic carbocycles. The summed E-state index contributed by atoms with van der Waals surface area (Å²) in [5.41, 5.74) is 0.0558. The Labute approximate surface area is 196 Å². The van der Waals surface area contributed by atoms with Gasteiger partial charge in [-0.25, -0.2) is 0 Å². The van der Waals surface area contributed by atoms with Crippen molar-refractivity contribution in [2.75, 3.05) is 5.32 Å². The second kappa shape index (κ2) is 14.9. The van der Waals surface area contributed by atoms with Gasteiger partial charge in [-0.1, -0.05) is 89.3 Å². The van der Waals surface area contributed by atoms with Crippen molar-refractivity contribution in [1.82, 2.24) is 0 Å². The number of benzene rings is 2. The first kappa shape index (κ1) is 26.2. The number of phenolic OH excluding ortho intramolecular Hbond substituents is 1. The van der Waals surface area contributed by atoms with Crippen LogP contribution in [0.2, 0.25) is 0 Å². The highest BCUT2D eigenvalue weighted by molar-refractivity contribution is 5.92. The Bertz CT molecular complexity index is 885. The zero-order valence-electron chi connectivity index (χ0n) is 19.6. The van der Waals surface area contributed by atoms with Gasteiger partial charge in [0.05, 0.1) is 10.6 Å². The number of hydrogen-bond acceptors (Lipinski definition) is 5. The number of anilines is 1. The number of ether oxygens (including phenoxy) is 1. The summed E-state index contributed by atoms with van der Waals surface area (Å²) in [4.78, 5) is 23.0. The Hall–Kier alpha value is -3.09. The quantitative estimate of drug-likeness (QED) is 0.153. The van der Waals surface area contributed by atoms with Crippen LogP contribution in [0.15, 0.2) is 42.5 Å². The lowest BCUT2D eigenvalue weighted by atomic mass is 10.1. The number of aromatic hydroxyl groups is 1. The van der Waals surface area contributed by atoms with Crippen molar-refractivity contribution in [3.05, 3.63) is 52.6 Å². The maximum atomic E-state index is 12.4. The number of unbranched alkanes of at least 4 members (excludes halogenated alkanes) is 10. The number of amides is 1. The number of nitro groups is 1. The van der Waals surface area contributed by atoms with Crippen molar-refractivity contribution in [3.8, 4) is 17.2 Å². The highest BCUT2D eigenvalue weighted by Gasteiger charge is 2.21. The van der Waals surface area contributed by atoms with Gasteiger partial charge in [0.25, 0.3) is 0 Å². The van der Waals surface area contributed by atoms with Gasteiger partial charge in [-0.3, -0.25) is 14.9 Å². The van der Waals surface area contributed by atoms with Crippen molar-refractivity contribution in [2.45, 2.75) is 84.0 Å². The predicted molar refractivity (Wildman–Crippen MR) is 131 cm³/mol. The molecule has 0 saturated carbocycles. The van der Waals surface area contributed by atoms with E-state index >= 15 is 0 Å². The number of hydrogen-bond donors (Lipinski definition) is 2. The van der Waals surface area contributed by atoms with Crippen LogP contribution in [-0.2, 0) is 4.79 Å². The van der Waals surface area contributed by atoms with E-state index in [1.54, 1.807) is 24.3 Å². The van der Waals surface area contributed by atoms with Gasteiger partial charge >= 0.3 is 5.69 Å². The first-order valence-electron chi connectivity index (χ1n) is 12.1. The van der Waals surface area contributed by atoms with Gasteiger partial charge in [-0.05, 0) is 24.6 Å². The second-order valence-electron chi connectivity index (χ2n) is 8.31. The molecule has 33 heavy (non-hydrogen) atoms. The fourth-order valence-electron chi connectivity index (χ4n) is 3.69. The Balaban J connectivity index is 1.75. The zero-order valence-corrected chi connectivity index (χ0v) is 19.6. The number of nitro benzene ring substituents is 1. The molecular weight excluding hydrogens is 420 g/mol. The summed E-state index contributed by atoms with van der Waals surface area (Å²) in [5.74, 6) is -0.496. The van der Waals surface area contributed by atoms with Crippen molar-refractivity contribution < 1.29 is 19.6 Å². The number of carbonyl (C=O) groups is 1. The topological polar surface area (TPSA) is 102 Å². The number of phenols is 1. The fourth-order valence-corrected chi connectivity index (χ4v) is 3.69. The van der Waals surface area contributed by atoms with E-state index in [4.69, 9.17) is 4.74 Å². The molecule has 2 rings (SSSR count). The Morgan fingerprint density at radius 3 is 2.15 bits per heavy atom. The lowest BCUT2D eigenvalue weighted by Crippen LogP contribution is -2.11. The molecule has 2 N–H and O–H groups in total. The van der Waals surface area contributed by atoms with Crippen LogP contribution in [0, 0.1) is 10.1 Å². The van der Waals surface area contributed by atoms with E-state index in [9.17, 15) is 20.0 Å². The highest BCUT2D eigenvalue weighted by atomic mass is 16.6. The van der Waals surface area contributed by atoms with Crippen LogP contribution in [-0.4, -0.2) is 15.9 Å².